The van der Waals surface area contributed by atoms with Crippen LogP contribution in [0, 0.1) is 0 Å². The van der Waals surface area contributed by atoms with Gasteiger partial charge in [-0.2, -0.15) is 4.98 Å². The Bertz CT molecular complexity index is 815. The van der Waals surface area contributed by atoms with Crippen LogP contribution in [0.25, 0.3) is 0 Å². The molecule has 1 fully saturated rings. The molecule has 0 aliphatic carbocycles. The van der Waals surface area contributed by atoms with Gasteiger partial charge in [-0.15, -0.1) is 0 Å². The molecule has 0 N–H and O–H groups in total. The number of piperidine rings is 1. The summed E-state index contributed by atoms with van der Waals surface area (Å²) in [4.78, 5) is 28.9. The van der Waals surface area contributed by atoms with Gasteiger partial charge in [0.2, 0.25) is 5.95 Å². The quantitative estimate of drug-likeness (QED) is 0.837. The summed E-state index contributed by atoms with van der Waals surface area (Å²) < 4.78 is 0. The lowest BCUT2D eigenvalue weighted by molar-refractivity contribution is 0.0733. The molecule has 0 radical (unpaired) electrons. The molecule has 0 spiro atoms. The Kier molecular flexibility index (Phi) is 4.97. The molecule has 0 saturated carbocycles. The van der Waals surface area contributed by atoms with Gasteiger partial charge in [0.05, 0.1) is 12.2 Å². The molecular formula is C21H27N5O. The summed E-state index contributed by atoms with van der Waals surface area (Å²) in [6.07, 6.45) is 4.48. The zero-order chi connectivity index (χ0) is 18.8. The van der Waals surface area contributed by atoms with E-state index in [1.54, 1.807) is 0 Å². The van der Waals surface area contributed by atoms with Crippen LogP contribution in [0.4, 0.5) is 11.8 Å². The molecule has 0 atom stereocenters. The van der Waals surface area contributed by atoms with E-state index in [0.717, 1.165) is 48.1 Å². The van der Waals surface area contributed by atoms with Crippen molar-refractivity contribution in [1.29, 1.82) is 0 Å². The van der Waals surface area contributed by atoms with Crippen molar-refractivity contribution < 1.29 is 4.79 Å². The fourth-order valence-electron chi connectivity index (χ4n) is 3.93. The Morgan fingerprint density at radius 2 is 1.74 bits per heavy atom. The predicted octanol–water partition coefficient (Wildman–Crippen LogP) is 2.73. The summed E-state index contributed by atoms with van der Waals surface area (Å²) in [5, 5.41) is 0. The highest BCUT2D eigenvalue weighted by molar-refractivity contribution is 5.94. The van der Waals surface area contributed by atoms with Crippen molar-refractivity contribution in [2.24, 2.45) is 0 Å². The van der Waals surface area contributed by atoms with E-state index in [1.807, 2.05) is 54.2 Å². The number of fused-ring (bicyclic) bond motifs is 1. The first-order valence-electron chi connectivity index (χ1n) is 9.80. The molecule has 6 heteroatoms. The van der Waals surface area contributed by atoms with Crippen molar-refractivity contribution in [2.45, 2.75) is 32.2 Å². The van der Waals surface area contributed by atoms with Crippen molar-refractivity contribution in [1.82, 2.24) is 14.9 Å². The maximum absolute atomic E-state index is 12.9. The van der Waals surface area contributed by atoms with Crippen molar-refractivity contribution in [2.75, 3.05) is 43.5 Å². The Labute approximate surface area is 160 Å². The molecule has 1 aromatic carbocycles. The van der Waals surface area contributed by atoms with E-state index in [2.05, 4.69) is 4.90 Å². The third kappa shape index (κ3) is 3.61. The summed E-state index contributed by atoms with van der Waals surface area (Å²) in [6.45, 7) is 3.33. The van der Waals surface area contributed by atoms with Gasteiger partial charge in [0.25, 0.3) is 5.91 Å². The van der Waals surface area contributed by atoms with Crippen molar-refractivity contribution in [3.63, 3.8) is 0 Å². The molecule has 27 heavy (non-hydrogen) atoms. The smallest absolute Gasteiger partial charge is 0.254 e. The Morgan fingerprint density at radius 3 is 2.44 bits per heavy atom. The van der Waals surface area contributed by atoms with Gasteiger partial charge in [0, 0.05) is 51.3 Å². The molecule has 2 aliphatic heterocycles. The minimum Gasteiger partial charge on any atom is -0.362 e. The van der Waals surface area contributed by atoms with Crippen LogP contribution in [-0.4, -0.2) is 54.5 Å². The molecule has 6 nitrogen and oxygen atoms in total. The maximum atomic E-state index is 12.9. The van der Waals surface area contributed by atoms with Crippen LogP contribution in [0.1, 0.15) is 40.9 Å². The maximum Gasteiger partial charge on any atom is 0.254 e. The van der Waals surface area contributed by atoms with E-state index in [0.29, 0.717) is 13.1 Å². The summed E-state index contributed by atoms with van der Waals surface area (Å²) in [5.41, 5.74) is 2.90. The minimum atomic E-state index is 0.0751. The molecule has 1 amide bonds. The SMILES string of the molecule is CN(C)c1nc(N2CCCCC2)nc2c1CN(C(=O)c1ccccc1)CC2. The first kappa shape index (κ1) is 17.8. The first-order valence-corrected chi connectivity index (χ1v) is 9.80. The summed E-state index contributed by atoms with van der Waals surface area (Å²) in [5.74, 6) is 1.86. The Hall–Kier alpha value is -2.63. The Morgan fingerprint density at radius 1 is 1.00 bits per heavy atom. The number of amides is 1. The van der Waals surface area contributed by atoms with Crippen molar-refractivity contribution in [3.05, 3.63) is 47.2 Å². The van der Waals surface area contributed by atoms with E-state index in [-0.39, 0.29) is 5.91 Å². The highest BCUT2D eigenvalue weighted by Gasteiger charge is 2.28. The van der Waals surface area contributed by atoms with E-state index in [9.17, 15) is 4.79 Å². The van der Waals surface area contributed by atoms with Gasteiger partial charge < -0.3 is 14.7 Å². The summed E-state index contributed by atoms with van der Waals surface area (Å²) in [6, 6.07) is 9.50. The average Bonchev–Trinajstić information content (AvgIpc) is 2.73. The van der Waals surface area contributed by atoms with Crippen molar-refractivity contribution >= 4 is 17.7 Å². The molecule has 0 bridgehead atoms. The topological polar surface area (TPSA) is 52.6 Å². The lowest BCUT2D eigenvalue weighted by atomic mass is 10.0. The third-order valence-electron chi connectivity index (χ3n) is 5.40. The number of hydrogen-bond acceptors (Lipinski definition) is 5. The summed E-state index contributed by atoms with van der Waals surface area (Å²) >= 11 is 0. The second kappa shape index (κ2) is 7.55. The van der Waals surface area contributed by atoms with Gasteiger partial charge >= 0.3 is 0 Å². The summed E-state index contributed by atoms with van der Waals surface area (Å²) in [7, 11) is 4.03. The molecule has 1 aromatic heterocycles. The van der Waals surface area contributed by atoms with Gasteiger partial charge in [-0.3, -0.25) is 4.79 Å². The van der Waals surface area contributed by atoms with Crippen LogP contribution >= 0.6 is 0 Å². The molecular weight excluding hydrogens is 338 g/mol. The van der Waals surface area contributed by atoms with Gasteiger partial charge in [-0.1, -0.05) is 18.2 Å². The lowest BCUT2D eigenvalue weighted by Crippen LogP contribution is -2.38. The third-order valence-corrected chi connectivity index (χ3v) is 5.40. The highest BCUT2D eigenvalue weighted by Crippen LogP contribution is 2.29. The monoisotopic (exact) mass is 365 g/mol. The number of hydrogen-bond donors (Lipinski definition) is 0. The fraction of sp³-hybridized carbons (Fsp3) is 0.476. The molecule has 2 aromatic rings. The molecule has 3 heterocycles. The zero-order valence-corrected chi connectivity index (χ0v) is 16.2. The first-order chi connectivity index (χ1) is 13.1. The second-order valence-corrected chi connectivity index (χ2v) is 7.56. The van der Waals surface area contributed by atoms with Crippen LogP contribution in [0.5, 0.6) is 0 Å². The van der Waals surface area contributed by atoms with Crippen LogP contribution in [0.3, 0.4) is 0 Å². The van der Waals surface area contributed by atoms with E-state index < -0.39 is 0 Å². The second-order valence-electron chi connectivity index (χ2n) is 7.56. The molecule has 2 aliphatic rings. The van der Waals surface area contributed by atoms with Gasteiger partial charge in [-0.25, -0.2) is 4.98 Å². The number of nitrogens with zero attached hydrogens (tertiary/aromatic N) is 5. The number of anilines is 2. The number of rotatable bonds is 3. The normalized spacial score (nSPS) is 16.8. The van der Waals surface area contributed by atoms with E-state index in [1.165, 1.54) is 19.3 Å². The molecule has 142 valence electrons. The zero-order valence-electron chi connectivity index (χ0n) is 16.2. The highest BCUT2D eigenvalue weighted by atomic mass is 16.2. The molecule has 1 saturated heterocycles. The van der Waals surface area contributed by atoms with Crippen LogP contribution < -0.4 is 9.80 Å². The number of aromatic nitrogens is 2. The van der Waals surface area contributed by atoms with E-state index >= 15 is 0 Å². The van der Waals surface area contributed by atoms with Gasteiger partial charge in [0.1, 0.15) is 5.82 Å². The van der Waals surface area contributed by atoms with Gasteiger partial charge in [-0.05, 0) is 31.4 Å². The predicted molar refractivity (Wildman–Crippen MR) is 107 cm³/mol. The minimum absolute atomic E-state index is 0.0751. The van der Waals surface area contributed by atoms with E-state index in [4.69, 9.17) is 9.97 Å². The number of carbonyl (C=O) groups excluding carboxylic acids is 1. The number of carbonyl (C=O) groups is 1. The Balaban J connectivity index is 1.63. The lowest BCUT2D eigenvalue weighted by Gasteiger charge is -2.33. The average molecular weight is 365 g/mol. The van der Waals surface area contributed by atoms with Crippen LogP contribution in [0.15, 0.2) is 30.3 Å². The molecule has 0 unspecified atom stereocenters. The molecule has 4 rings (SSSR count). The van der Waals surface area contributed by atoms with Crippen molar-refractivity contribution in [3.8, 4) is 0 Å². The van der Waals surface area contributed by atoms with Gasteiger partial charge in [0.15, 0.2) is 0 Å². The standard InChI is InChI=1S/C21H27N5O/c1-24(2)19-17-15-26(20(27)16-9-5-3-6-10-16)14-11-18(17)22-21(23-19)25-12-7-4-8-13-25/h3,5-6,9-10H,4,7-8,11-15H2,1-2H3. The van der Waals surface area contributed by atoms with Crippen LogP contribution in [-0.2, 0) is 13.0 Å². The largest absolute Gasteiger partial charge is 0.362 e. The van der Waals surface area contributed by atoms with Crippen LogP contribution in [0.2, 0.25) is 0 Å². The fourth-order valence-corrected chi connectivity index (χ4v) is 3.93. The number of benzene rings is 1.